The predicted molar refractivity (Wildman–Crippen MR) is 118 cm³/mol. The lowest BCUT2D eigenvalue weighted by molar-refractivity contribution is -0.480. The van der Waals surface area contributed by atoms with Crippen molar-refractivity contribution in [2.45, 2.75) is 11.8 Å². The Labute approximate surface area is 190 Å². The van der Waals surface area contributed by atoms with Crippen LogP contribution in [0.15, 0.2) is 46.4 Å². The molecule has 0 aromatic heterocycles. The maximum atomic E-state index is 12.7. The average molecular weight is 506 g/mol. The van der Waals surface area contributed by atoms with Crippen LogP contribution in [0.2, 0.25) is 5.02 Å². The first-order valence-electron chi connectivity index (χ1n) is 8.98. The maximum absolute atomic E-state index is 12.7. The van der Waals surface area contributed by atoms with Crippen molar-refractivity contribution in [3.8, 4) is 0 Å². The van der Waals surface area contributed by atoms with Gasteiger partial charge in [-0.2, -0.15) is 12.7 Å². The highest BCUT2D eigenvalue weighted by atomic mass is 35.5. The highest BCUT2D eigenvalue weighted by Crippen LogP contribution is 2.27. The molecule has 11 nitrogen and oxygen atoms in total. The normalized spacial score (nSPS) is 12.8. The number of hydrogen-bond donors (Lipinski definition) is 3. The van der Waals surface area contributed by atoms with Gasteiger partial charge in [0.2, 0.25) is 10.0 Å². The van der Waals surface area contributed by atoms with Crippen LogP contribution < -0.4 is 5.43 Å². The van der Waals surface area contributed by atoms with E-state index in [2.05, 4.69) is 10.5 Å². The second kappa shape index (κ2) is 9.92. The van der Waals surface area contributed by atoms with E-state index in [0.29, 0.717) is 15.0 Å². The number of sulfonamides is 1. The first-order valence-corrected chi connectivity index (χ1v) is 12.4. The van der Waals surface area contributed by atoms with E-state index in [9.17, 15) is 26.7 Å². The number of rotatable bonds is 9. The van der Waals surface area contributed by atoms with E-state index >= 15 is 0 Å². The van der Waals surface area contributed by atoms with Gasteiger partial charge in [-0.3, -0.25) is 4.55 Å². The second-order valence-electron chi connectivity index (χ2n) is 6.68. The molecule has 0 aliphatic carbocycles. The molecule has 2 aromatic carbocycles. The zero-order valence-corrected chi connectivity index (χ0v) is 19.7. The third-order valence-electron chi connectivity index (χ3n) is 4.41. The summed E-state index contributed by atoms with van der Waals surface area (Å²) < 4.78 is 56.8. The first-order chi connectivity index (χ1) is 14.8. The second-order valence-corrected chi connectivity index (χ2v) is 10.7. The number of benzene rings is 2. The summed E-state index contributed by atoms with van der Waals surface area (Å²) >= 11 is 5.95. The van der Waals surface area contributed by atoms with Crippen LogP contribution in [-0.2, 0) is 20.1 Å². The Morgan fingerprint density at radius 1 is 1.19 bits per heavy atom. The number of aryl methyl sites for hydroxylation is 1. The number of anilines is 1. The monoisotopic (exact) mass is 505 g/mol. The lowest BCUT2D eigenvalue weighted by Gasteiger charge is -2.17. The van der Waals surface area contributed by atoms with Crippen LogP contribution in [0.4, 0.5) is 11.4 Å². The summed E-state index contributed by atoms with van der Waals surface area (Å²) in [5, 5.41) is 14.2. The molecule has 0 aliphatic rings. The summed E-state index contributed by atoms with van der Waals surface area (Å²) in [7, 11) is -6.07. The van der Waals surface area contributed by atoms with E-state index in [0.717, 1.165) is 18.7 Å². The molecule has 0 heterocycles. The van der Waals surface area contributed by atoms with Crippen LogP contribution in [0.25, 0.3) is 0 Å². The van der Waals surface area contributed by atoms with Crippen molar-refractivity contribution in [3.63, 3.8) is 0 Å². The lowest BCUT2D eigenvalue weighted by Crippen LogP contribution is -2.31. The number of carboxylic acid groups (broad SMARTS) is 1. The number of azo groups is 1. The Morgan fingerprint density at radius 2 is 1.84 bits per heavy atom. The molecule has 174 valence electrons. The number of hydrazine groups is 1. The molecule has 14 heteroatoms. The van der Waals surface area contributed by atoms with E-state index in [1.807, 2.05) is 0 Å². The molecule has 0 atom stereocenters. The van der Waals surface area contributed by atoms with E-state index in [-0.39, 0.29) is 16.1 Å². The molecule has 0 saturated carbocycles. The van der Waals surface area contributed by atoms with Gasteiger partial charge in [-0.1, -0.05) is 11.6 Å². The van der Waals surface area contributed by atoms with Crippen molar-refractivity contribution < 1.29 is 36.1 Å². The van der Waals surface area contributed by atoms with Gasteiger partial charge in [0.1, 0.15) is 11.3 Å². The number of carboxylic acids is 1. The Morgan fingerprint density at radius 3 is 2.38 bits per heavy atom. The minimum absolute atomic E-state index is 0.0638. The maximum Gasteiger partial charge on any atom is 0.342 e. The summed E-state index contributed by atoms with van der Waals surface area (Å²) in [6.07, 6.45) is 0. The van der Waals surface area contributed by atoms with Crippen LogP contribution in [0.3, 0.4) is 0 Å². The molecule has 0 spiro atoms. The molecule has 32 heavy (non-hydrogen) atoms. The zero-order valence-electron chi connectivity index (χ0n) is 17.4. The Bertz CT molecular complexity index is 1280. The van der Waals surface area contributed by atoms with Gasteiger partial charge in [0.15, 0.2) is 0 Å². The van der Waals surface area contributed by atoms with Crippen LogP contribution in [0.5, 0.6) is 0 Å². The summed E-state index contributed by atoms with van der Waals surface area (Å²) in [6.45, 7) is 1.28. The third-order valence-corrected chi connectivity index (χ3v) is 7.20. The van der Waals surface area contributed by atoms with Crippen molar-refractivity contribution >= 4 is 49.1 Å². The molecule has 0 fully saturated rings. The largest absolute Gasteiger partial charge is 0.477 e. The van der Waals surface area contributed by atoms with Gasteiger partial charge >= 0.3 is 5.97 Å². The van der Waals surface area contributed by atoms with Crippen LogP contribution >= 0.6 is 11.6 Å². The third kappa shape index (κ3) is 6.23. The van der Waals surface area contributed by atoms with Crippen molar-refractivity contribution in [2.24, 2.45) is 5.11 Å². The van der Waals surface area contributed by atoms with E-state index in [1.54, 1.807) is 25.1 Å². The molecule has 2 rings (SSSR count). The fourth-order valence-corrected chi connectivity index (χ4v) is 4.71. The van der Waals surface area contributed by atoms with Gasteiger partial charge in [-0.25, -0.2) is 13.2 Å². The molecule has 0 bridgehead atoms. The number of nitrogens with zero attached hydrogens (tertiary/aromatic N) is 3. The zero-order chi connectivity index (χ0) is 24.3. The van der Waals surface area contributed by atoms with Gasteiger partial charge < -0.3 is 5.11 Å². The van der Waals surface area contributed by atoms with Gasteiger partial charge in [-0.15, -0.1) is 5.43 Å². The summed E-state index contributed by atoms with van der Waals surface area (Å²) in [5.41, 5.74) is 4.01. The summed E-state index contributed by atoms with van der Waals surface area (Å²) in [4.78, 5) is 12.7. The average Bonchev–Trinajstić information content (AvgIpc) is 2.70. The van der Waals surface area contributed by atoms with Crippen LogP contribution in [-0.4, -0.2) is 68.0 Å². The van der Waals surface area contributed by atoms with Crippen molar-refractivity contribution in [1.29, 1.82) is 0 Å². The van der Waals surface area contributed by atoms with Gasteiger partial charge in [0.25, 0.3) is 15.8 Å². The number of aromatic carboxylic acids is 1. The molecule has 0 radical (unpaired) electrons. The minimum Gasteiger partial charge on any atom is -0.477 e. The molecule has 0 aliphatic heterocycles. The van der Waals surface area contributed by atoms with E-state index in [4.69, 9.17) is 16.2 Å². The fraction of sp³-hybridized carbons (Fsp3) is 0.278. The molecular weight excluding hydrogens is 484 g/mol. The Hall–Kier alpha value is -2.58. The summed E-state index contributed by atoms with van der Waals surface area (Å²) in [5.74, 6) is -2.21. The van der Waals surface area contributed by atoms with Crippen molar-refractivity contribution in [1.82, 2.24) is 4.31 Å². The van der Waals surface area contributed by atoms with E-state index in [1.165, 1.54) is 24.0 Å². The molecule has 2 aromatic rings. The van der Waals surface area contributed by atoms with E-state index < -0.39 is 38.4 Å². The van der Waals surface area contributed by atoms with Gasteiger partial charge in [-0.05, 0) is 47.9 Å². The number of hydrogen-bond acceptors (Lipinski definition) is 6. The van der Waals surface area contributed by atoms with Crippen LogP contribution in [0.1, 0.15) is 15.9 Å². The molecule has 3 N–H and O–H groups in total. The van der Waals surface area contributed by atoms with Crippen LogP contribution in [0, 0.1) is 6.92 Å². The number of nitrogens with one attached hydrogen (secondary N) is 1. The predicted octanol–water partition coefficient (Wildman–Crippen LogP) is 2.61. The molecule has 0 saturated heterocycles. The van der Waals surface area contributed by atoms with Gasteiger partial charge in [0.05, 0.1) is 17.7 Å². The molecular formula is C18H22ClN4O7S2+. The van der Waals surface area contributed by atoms with Gasteiger partial charge in [0, 0.05) is 29.5 Å². The first kappa shape index (κ1) is 25.7. The summed E-state index contributed by atoms with van der Waals surface area (Å²) in [6, 6.07) is 8.41. The highest BCUT2D eigenvalue weighted by molar-refractivity contribution is 7.89. The highest BCUT2D eigenvalue weighted by Gasteiger charge is 2.29. The number of carbonyl (C=O) groups is 1. The topological polar surface area (TPSA) is 156 Å². The standard InChI is InChI=1S/C18H21ClN4O7S2/c1-12-10-13(19)4-6-16(12)21-23(20-2)17-7-5-14(11-15(17)18(24)25)32(29,30)22(3)8-9-31(26,27)28/h4-7,10-11H,8-9H2,1-3H3,(H2-,20,21,24,25,26,27,28)/p+1. The quantitative estimate of drug-likeness (QED) is 0.203. The Balaban J connectivity index is 2.45. The SMILES string of the molecule is CN=[N+](Nc1ccc(Cl)cc1C)c1ccc(S(=O)(=O)N(C)CCS(=O)(=O)O)cc1C(=O)O. The van der Waals surface area contributed by atoms with Crippen molar-refractivity contribution in [3.05, 3.63) is 52.5 Å². The minimum atomic E-state index is -4.38. The number of halogens is 1. The molecule has 0 amide bonds. The Kier molecular flexibility index (Phi) is 7.96. The lowest BCUT2D eigenvalue weighted by atomic mass is 10.2. The van der Waals surface area contributed by atoms with Crippen molar-refractivity contribution in [2.75, 3.05) is 31.8 Å². The fourth-order valence-electron chi connectivity index (χ4n) is 2.66. The smallest absolute Gasteiger partial charge is 0.342 e. The molecule has 0 unspecified atom stereocenters.